The molecule has 2 atom stereocenters. The molecule has 0 saturated heterocycles. The number of imide groups is 2. The topological polar surface area (TPSA) is 327 Å². The Morgan fingerprint density at radius 1 is 0.540 bits per heavy atom. The number of alkyl carbamates (subject to hydrolysis) is 1. The number of anilines is 2. The van der Waals surface area contributed by atoms with Gasteiger partial charge < -0.3 is 67.4 Å². The van der Waals surface area contributed by atoms with Gasteiger partial charge in [0.15, 0.2) is 12.1 Å². The number of rotatable bonds is 11. The zero-order valence-electron chi connectivity index (χ0n) is 54.1. The second kappa shape index (κ2) is 35.4. The van der Waals surface area contributed by atoms with Crippen molar-refractivity contribution < 1.29 is 110 Å². The Morgan fingerprint density at radius 3 is 1.24 bits per heavy atom. The van der Waals surface area contributed by atoms with Crippen molar-refractivity contribution in [3.05, 3.63) is 66.8 Å². The van der Waals surface area contributed by atoms with E-state index >= 15 is 0 Å². The Hall–Kier alpha value is -8.30. The van der Waals surface area contributed by atoms with Gasteiger partial charge in [-0.2, -0.15) is 9.80 Å². The molecule has 1 aromatic carbocycles. The van der Waals surface area contributed by atoms with E-state index in [0.29, 0.717) is 21.3 Å². The quantitative estimate of drug-likeness (QED) is 0.0913. The van der Waals surface area contributed by atoms with Gasteiger partial charge in [0.05, 0.1) is 34.5 Å². The summed E-state index contributed by atoms with van der Waals surface area (Å²) in [4.78, 5) is 126. The third kappa shape index (κ3) is 37.7. The summed E-state index contributed by atoms with van der Waals surface area (Å²) in [5, 5.41) is 11.0. The lowest BCUT2D eigenvalue weighted by atomic mass is 10.2. The fourth-order valence-electron chi connectivity index (χ4n) is 5.49. The molecule has 0 spiro atoms. The summed E-state index contributed by atoms with van der Waals surface area (Å²) in [5.74, 6) is -2.61. The van der Waals surface area contributed by atoms with Crippen molar-refractivity contribution in [2.45, 2.75) is 204 Å². The molecule has 87 heavy (non-hydrogen) atoms. The summed E-state index contributed by atoms with van der Waals surface area (Å²) in [5.41, 5.74) is -5.70. The van der Waals surface area contributed by atoms with E-state index < -0.39 is 130 Å². The van der Waals surface area contributed by atoms with E-state index in [0.717, 1.165) is 14.2 Å². The van der Waals surface area contributed by atoms with Gasteiger partial charge in [-0.05, 0) is 182 Å². The highest BCUT2D eigenvalue weighted by Crippen LogP contribution is 2.27. The maximum atomic E-state index is 13.6. The minimum absolute atomic E-state index is 0. The molecular formula is C59H94FN5O22. The zero-order chi connectivity index (χ0) is 67.7. The molecule has 0 aliphatic heterocycles. The lowest BCUT2D eigenvalue weighted by Gasteiger charge is -2.35. The van der Waals surface area contributed by atoms with E-state index in [9.17, 15) is 52.3 Å². The number of amides is 5. The normalized spacial score (nSPS) is 12.0. The van der Waals surface area contributed by atoms with Crippen molar-refractivity contribution >= 4 is 72.2 Å². The average molecular weight is 1240 g/mol. The van der Waals surface area contributed by atoms with Crippen LogP contribution in [-0.2, 0) is 66.5 Å². The number of ether oxygens (including phenoxy) is 11. The Kier molecular flexibility index (Phi) is 33.7. The number of aliphatic hydroxyl groups is 1. The number of methoxy groups -OCH3 is 3. The van der Waals surface area contributed by atoms with Crippen LogP contribution in [-0.4, -0.2) is 166 Å². The van der Waals surface area contributed by atoms with Crippen molar-refractivity contribution in [1.29, 1.82) is 0 Å². The molecule has 5 amide bonds. The molecule has 0 aliphatic rings. The van der Waals surface area contributed by atoms with E-state index in [1.165, 1.54) is 31.4 Å². The molecule has 2 aromatic rings. The molecule has 0 radical (unpaired) electrons. The number of nitrogens with one attached hydrogen (secondary N) is 1. The molecule has 27 nitrogen and oxygen atoms in total. The second-order valence-electron chi connectivity index (χ2n) is 24.8. The first-order valence-electron chi connectivity index (χ1n) is 26.4. The van der Waals surface area contributed by atoms with Crippen LogP contribution in [0.1, 0.15) is 153 Å². The number of esters is 3. The number of benzene rings is 1. The molecule has 2 rings (SSSR count). The predicted molar refractivity (Wildman–Crippen MR) is 316 cm³/mol. The van der Waals surface area contributed by atoms with Crippen LogP contribution in [0.25, 0.3) is 0 Å². The number of pyridine rings is 1. The van der Waals surface area contributed by atoms with Gasteiger partial charge >= 0.3 is 60.7 Å². The molecule has 0 saturated carbocycles. The highest BCUT2D eigenvalue weighted by molar-refractivity contribution is 6.00. The smallest absolute Gasteiger partial charge is 0.467 e. The first-order valence-corrected chi connectivity index (χ1v) is 26.4. The Bertz CT molecular complexity index is 2500. The summed E-state index contributed by atoms with van der Waals surface area (Å²) in [6.45, 7) is 37.2. The SMILES string of the molecule is C.C=C(C(=O)OC)N(C(=O)OC(C)(C)C)C(=O)OC(C)(C)C.CC(C)(C)OC(=O)OC(=O)OC(C)(C)C.COC(=O)C(CN(c1ccc(F)cc1)c1ccccn1)N(C(=O)OC(C)(C)C)C(=O)OC(C)(C)C.COC(=O)C(CO)NC(=O)OC(C)(C)C. The van der Waals surface area contributed by atoms with Crippen LogP contribution in [0.15, 0.2) is 60.9 Å². The van der Waals surface area contributed by atoms with Crippen molar-refractivity contribution in [1.82, 2.24) is 20.1 Å². The van der Waals surface area contributed by atoms with Crippen molar-refractivity contribution in [3.63, 3.8) is 0 Å². The van der Waals surface area contributed by atoms with Crippen LogP contribution in [0.4, 0.5) is 49.5 Å². The van der Waals surface area contributed by atoms with E-state index in [1.807, 2.05) is 0 Å². The molecular weight excluding hydrogens is 1150 g/mol. The molecule has 494 valence electrons. The second-order valence-corrected chi connectivity index (χ2v) is 24.8. The first-order chi connectivity index (χ1) is 38.8. The van der Waals surface area contributed by atoms with Gasteiger partial charge in [0.25, 0.3) is 0 Å². The molecule has 2 N–H and O–H groups in total. The van der Waals surface area contributed by atoms with Crippen LogP contribution in [0.5, 0.6) is 0 Å². The number of nitrogens with zero attached hydrogens (tertiary/aromatic N) is 4. The number of halogens is 1. The van der Waals surface area contributed by atoms with Gasteiger partial charge in [0.1, 0.15) is 56.5 Å². The number of carbonyl (C=O) groups excluding carboxylic acids is 10. The maximum absolute atomic E-state index is 13.6. The average Bonchev–Trinajstić information content (AvgIpc) is 2.94. The predicted octanol–water partition coefficient (Wildman–Crippen LogP) is 11.5. The van der Waals surface area contributed by atoms with Crippen molar-refractivity contribution in [3.8, 4) is 0 Å². The van der Waals surface area contributed by atoms with E-state index in [-0.39, 0.29) is 14.0 Å². The Labute approximate surface area is 510 Å². The fraction of sp³-hybridized carbons (Fsp3) is 0.610. The summed E-state index contributed by atoms with van der Waals surface area (Å²) in [6, 6.07) is 8.00. The maximum Gasteiger partial charge on any atom is 0.519 e. The molecule has 0 aliphatic carbocycles. The van der Waals surface area contributed by atoms with Crippen LogP contribution in [0.3, 0.4) is 0 Å². The minimum Gasteiger partial charge on any atom is -0.467 e. The molecule has 2 unspecified atom stereocenters. The largest absolute Gasteiger partial charge is 0.519 e. The van der Waals surface area contributed by atoms with Gasteiger partial charge in [-0.15, -0.1) is 0 Å². The highest BCUT2D eigenvalue weighted by Gasteiger charge is 2.43. The van der Waals surface area contributed by atoms with Crippen molar-refractivity contribution in [2.75, 3.05) is 39.4 Å². The number of hydrogen-bond acceptors (Lipinski definition) is 24. The number of carbonyl (C=O) groups is 10. The van der Waals surface area contributed by atoms with Crippen LogP contribution in [0, 0.1) is 5.82 Å². The third-order valence-corrected chi connectivity index (χ3v) is 8.53. The van der Waals surface area contributed by atoms with Gasteiger partial charge in [0.2, 0.25) is 0 Å². The van der Waals surface area contributed by atoms with Gasteiger partial charge in [0, 0.05) is 11.9 Å². The Balaban J connectivity index is -0.00000116. The van der Waals surface area contributed by atoms with Crippen LogP contribution in [0.2, 0.25) is 0 Å². The first kappa shape index (κ1) is 82.9. The minimum atomic E-state index is -1.49. The monoisotopic (exact) mass is 1240 g/mol. The molecule has 1 aromatic heterocycles. The Morgan fingerprint density at radius 2 is 0.920 bits per heavy atom. The standard InChI is InChI=1S/C25H32FN3O6.C14H23NO6.C10H18O5.C9H17NO5.CH4/c1-24(2,3)34-22(31)29(23(32)35-25(4,5)6)19(21(30)33-7)16-28(20-10-8-9-15-27-20)18-13-11-17(26)12-14-18;1-9(10(16)19-8)15(11(17)20-13(2,3)4)12(18)21-14(5,6)7;1-9(2,3)14-7(11)13-8(12)15-10(4,5)6;1-9(2,3)15-8(13)10-6(5-11)7(12)14-4;/h8-15,19H,16H2,1-7H3;1H2,2-8H3;1-6H3;6,11H,5H2,1-4H3,(H,10,13);1H4. The molecule has 28 heteroatoms. The molecule has 0 fully saturated rings. The van der Waals surface area contributed by atoms with E-state index in [2.05, 4.69) is 31.1 Å². The highest BCUT2D eigenvalue weighted by atomic mass is 19.1. The van der Waals surface area contributed by atoms with Crippen molar-refractivity contribution in [2.24, 2.45) is 0 Å². The zero-order valence-corrected chi connectivity index (χ0v) is 54.1. The van der Waals surface area contributed by atoms with Crippen LogP contribution >= 0.6 is 0 Å². The van der Waals surface area contributed by atoms with E-state index in [4.69, 9.17) is 43.0 Å². The summed E-state index contributed by atoms with van der Waals surface area (Å²) < 4.78 is 67.0. The number of aliphatic hydroxyl groups excluding tert-OH is 1. The van der Waals surface area contributed by atoms with E-state index in [1.54, 1.807) is 175 Å². The molecule has 1 heterocycles. The lowest BCUT2D eigenvalue weighted by molar-refractivity contribution is -0.146. The summed E-state index contributed by atoms with van der Waals surface area (Å²) in [6.07, 6.45) is -5.64. The summed E-state index contributed by atoms with van der Waals surface area (Å²) in [7, 11) is 3.42. The third-order valence-electron chi connectivity index (χ3n) is 8.53. The molecule has 0 bridgehead atoms. The number of aromatic nitrogens is 1. The van der Waals surface area contributed by atoms with Crippen LogP contribution < -0.4 is 10.2 Å². The fourth-order valence-corrected chi connectivity index (χ4v) is 5.49. The number of hydrogen-bond donors (Lipinski definition) is 2. The lowest BCUT2D eigenvalue weighted by Crippen LogP contribution is -2.55. The van der Waals surface area contributed by atoms with Gasteiger partial charge in [-0.1, -0.05) is 20.1 Å². The van der Waals surface area contributed by atoms with Gasteiger partial charge in [-0.3, -0.25) is 0 Å². The van der Waals surface area contributed by atoms with Gasteiger partial charge in [-0.25, -0.2) is 57.3 Å². The summed E-state index contributed by atoms with van der Waals surface area (Å²) >= 11 is 0.